The molecular weight excluding hydrogens is 496 g/mol. The number of carbonyl (C=O) groups is 5. The number of amides is 5. The normalized spacial score (nSPS) is 14.5. The third kappa shape index (κ3) is 10.0. The molecular formula is C26H36N4O8. The van der Waals surface area contributed by atoms with E-state index in [0.29, 0.717) is 11.3 Å². The maximum absolute atomic E-state index is 12.8. The van der Waals surface area contributed by atoms with Crippen molar-refractivity contribution in [3.05, 3.63) is 42.0 Å². The number of carbonyl (C=O) groups excluding carboxylic acids is 5. The fraction of sp³-hybridized carbons (Fsp3) is 0.500. The van der Waals surface area contributed by atoms with Crippen LogP contribution in [0.15, 0.2) is 36.4 Å². The molecule has 4 N–H and O–H groups in total. The predicted octanol–water partition coefficient (Wildman–Crippen LogP) is 0.111. The largest absolute Gasteiger partial charge is 0.392 e. The van der Waals surface area contributed by atoms with Gasteiger partial charge in [-0.15, -0.1) is 0 Å². The summed E-state index contributed by atoms with van der Waals surface area (Å²) in [5.74, 6) is -2.23. The molecule has 12 heteroatoms. The number of nitrogens with zero attached hydrogens (tertiary/aromatic N) is 1. The smallest absolute Gasteiger partial charge is 0.253 e. The van der Waals surface area contributed by atoms with Crippen molar-refractivity contribution < 1.29 is 38.6 Å². The van der Waals surface area contributed by atoms with E-state index in [2.05, 4.69) is 16.0 Å². The average molecular weight is 533 g/mol. The Bertz CT molecular complexity index is 991. The van der Waals surface area contributed by atoms with Crippen LogP contribution in [0.25, 0.3) is 0 Å². The molecule has 0 aliphatic carbocycles. The van der Waals surface area contributed by atoms with Gasteiger partial charge in [0.1, 0.15) is 12.1 Å². The summed E-state index contributed by atoms with van der Waals surface area (Å²) in [4.78, 5) is 61.5. The number of anilines is 1. The first-order valence-corrected chi connectivity index (χ1v) is 12.4. The Kier molecular flexibility index (Phi) is 12.6. The molecule has 2 atom stereocenters. The Balaban J connectivity index is 1.65. The van der Waals surface area contributed by atoms with Crippen LogP contribution in [0.2, 0.25) is 0 Å². The maximum Gasteiger partial charge on any atom is 0.253 e. The fourth-order valence-electron chi connectivity index (χ4n) is 3.39. The predicted molar refractivity (Wildman–Crippen MR) is 137 cm³/mol. The van der Waals surface area contributed by atoms with Crippen LogP contribution >= 0.6 is 0 Å². The van der Waals surface area contributed by atoms with Gasteiger partial charge in [0, 0.05) is 24.3 Å². The average Bonchev–Trinajstić information content (AvgIpc) is 3.21. The molecule has 1 aromatic rings. The van der Waals surface area contributed by atoms with Gasteiger partial charge in [-0.2, -0.15) is 0 Å². The first-order valence-electron chi connectivity index (χ1n) is 12.4. The van der Waals surface area contributed by atoms with E-state index < -0.39 is 23.9 Å². The third-order valence-corrected chi connectivity index (χ3v) is 5.63. The second kappa shape index (κ2) is 15.6. The lowest BCUT2D eigenvalue weighted by atomic mass is 10.0. The highest BCUT2D eigenvalue weighted by Gasteiger charge is 2.27. The summed E-state index contributed by atoms with van der Waals surface area (Å²) in [6, 6.07) is 4.98. The summed E-state index contributed by atoms with van der Waals surface area (Å²) in [5, 5.41) is 17.1. The topological polar surface area (TPSA) is 163 Å². The molecule has 2 rings (SSSR count). The van der Waals surface area contributed by atoms with Crippen LogP contribution in [-0.4, -0.2) is 84.6 Å². The first kappa shape index (κ1) is 30.6. The zero-order valence-corrected chi connectivity index (χ0v) is 21.9. The number of ether oxygens (including phenoxy) is 2. The first-order chi connectivity index (χ1) is 18.1. The van der Waals surface area contributed by atoms with Gasteiger partial charge >= 0.3 is 0 Å². The molecule has 0 unspecified atom stereocenters. The van der Waals surface area contributed by atoms with Crippen LogP contribution < -0.4 is 16.0 Å². The maximum atomic E-state index is 12.8. The number of rotatable bonds is 16. The van der Waals surface area contributed by atoms with Gasteiger partial charge in [-0.25, -0.2) is 0 Å². The number of nitrogens with one attached hydrogen (secondary N) is 3. The molecule has 208 valence electrons. The Hall–Kier alpha value is -3.61. The summed E-state index contributed by atoms with van der Waals surface area (Å²) in [7, 11) is 0. The molecule has 1 aromatic carbocycles. The molecule has 0 aromatic heterocycles. The van der Waals surface area contributed by atoms with Crippen LogP contribution in [0, 0.1) is 5.92 Å². The Morgan fingerprint density at radius 3 is 2.05 bits per heavy atom. The summed E-state index contributed by atoms with van der Waals surface area (Å²) < 4.78 is 10.7. The van der Waals surface area contributed by atoms with Crippen molar-refractivity contribution in [2.75, 3.05) is 38.3 Å². The monoisotopic (exact) mass is 532 g/mol. The van der Waals surface area contributed by atoms with Gasteiger partial charge < -0.3 is 30.5 Å². The van der Waals surface area contributed by atoms with Gasteiger partial charge in [0.25, 0.3) is 11.8 Å². The summed E-state index contributed by atoms with van der Waals surface area (Å²) in [5.41, 5.74) is 1.24. The third-order valence-electron chi connectivity index (χ3n) is 5.63. The minimum Gasteiger partial charge on any atom is -0.392 e. The number of aliphatic hydroxyl groups excluding tert-OH is 1. The minimum absolute atomic E-state index is 0.0266. The molecule has 0 saturated heterocycles. The molecule has 1 aliphatic heterocycles. The lowest BCUT2D eigenvalue weighted by Crippen LogP contribution is -2.53. The highest BCUT2D eigenvalue weighted by Crippen LogP contribution is 2.10. The van der Waals surface area contributed by atoms with Gasteiger partial charge in [-0.3, -0.25) is 28.9 Å². The molecule has 1 aliphatic rings. The standard InChI is InChI=1S/C26H36N4O8/c1-17(2)24(26(36)27-18(3)25(35)28-20-6-4-19(16-31)5-7-20)29-21(32)10-12-37-14-15-38-13-11-30-22(33)8-9-23(30)34/h4-9,17-18,24,31H,10-16H2,1-3H3,(H,27,36)(H,28,35)(H,29,32)/t18-,24-/m0/s1. The van der Waals surface area contributed by atoms with Gasteiger partial charge in [0.05, 0.1) is 39.6 Å². The van der Waals surface area contributed by atoms with E-state index in [1.54, 1.807) is 45.0 Å². The van der Waals surface area contributed by atoms with E-state index in [1.165, 1.54) is 12.2 Å². The van der Waals surface area contributed by atoms with E-state index in [1.807, 2.05) is 0 Å². The molecule has 0 bridgehead atoms. The molecule has 0 fully saturated rings. The van der Waals surface area contributed by atoms with Gasteiger partial charge in [-0.05, 0) is 30.5 Å². The SMILES string of the molecule is CC(C)[C@H](NC(=O)CCOCCOCCN1C(=O)C=CC1=O)C(=O)N[C@@H](C)C(=O)Nc1ccc(CO)cc1. The highest BCUT2D eigenvalue weighted by molar-refractivity contribution is 6.12. The van der Waals surface area contributed by atoms with Crippen LogP contribution in [-0.2, 0) is 40.1 Å². The fourth-order valence-corrected chi connectivity index (χ4v) is 3.39. The molecule has 0 saturated carbocycles. The number of hydrogen-bond donors (Lipinski definition) is 4. The Morgan fingerprint density at radius 1 is 0.868 bits per heavy atom. The second-order valence-corrected chi connectivity index (χ2v) is 9.00. The second-order valence-electron chi connectivity index (χ2n) is 9.00. The molecule has 5 amide bonds. The van der Waals surface area contributed by atoms with Crippen molar-refractivity contribution in [3.8, 4) is 0 Å². The molecule has 12 nitrogen and oxygen atoms in total. The van der Waals surface area contributed by atoms with Gasteiger partial charge in [0.15, 0.2) is 0 Å². The summed E-state index contributed by atoms with van der Waals surface area (Å²) >= 11 is 0. The highest BCUT2D eigenvalue weighted by atomic mass is 16.5. The van der Waals surface area contributed by atoms with Crippen molar-refractivity contribution >= 4 is 35.2 Å². The zero-order valence-electron chi connectivity index (χ0n) is 21.9. The quantitative estimate of drug-likeness (QED) is 0.172. The lowest BCUT2D eigenvalue weighted by Gasteiger charge is -2.24. The lowest BCUT2D eigenvalue weighted by molar-refractivity contribution is -0.137. The zero-order chi connectivity index (χ0) is 28.1. The van der Waals surface area contributed by atoms with E-state index >= 15 is 0 Å². The Labute approximate surface area is 221 Å². The van der Waals surface area contributed by atoms with Crippen molar-refractivity contribution in [1.82, 2.24) is 15.5 Å². The number of aliphatic hydroxyl groups is 1. The number of benzene rings is 1. The van der Waals surface area contributed by atoms with Gasteiger partial charge in [0.2, 0.25) is 17.7 Å². The molecule has 1 heterocycles. The van der Waals surface area contributed by atoms with Crippen LogP contribution in [0.3, 0.4) is 0 Å². The van der Waals surface area contributed by atoms with Crippen molar-refractivity contribution in [3.63, 3.8) is 0 Å². The van der Waals surface area contributed by atoms with E-state index in [9.17, 15) is 24.0 Å². The number of hydrogen-bond acceptors (Lipinski definition) is 8. The van der Waals surface area contributed by atoms with Crippen LogP contribution in [0.4, 0.5) is 5.69 Å². The van der Waals surface area contributed by atoms with Crippen molar-refractivity contribution in [2.24, 2.45) is 5.92 Å². The summed E-state index contributed by atoms with van der Waals surface area (Å²) in [6.07, 6.45) is 2.45. The van der Waals surface area contributed by atoms with Gasteiger partial charge in [-0.1, -0.05) is 26.0 Å². The van der Waals surface area contributed by atoms with Crippen LogP contribution in [0.1, 0.15) is 32.8 Å². The minimum atomic E-state index is -0.848. The van der Waals surface area contributed by atoms with E-state index in [0.717, 1.165) is 4.90 Å². The summed E-state index contributed by atoms with van der Waals surface area (Å²) in [6.45, 7) is 5.91. The van der Waals surface area contributed by atoms with Crippen molar-refractivity contribution in [2.45, 2.75) is 45.9 Å². The van der Waals surface area contributed by atoms with E-state index in [4.69, 9.17) is 14.6 Å². The van der Waals surface area contributed by atoms with Crippen LogP contribution in [0.5, 0.6) is 0 Å². The molecule has 0 radical (unpaired) electrons. The molecule has 38 heavy (non-hydrogen) atoms. The number of imide groups is 1. The molecule has 0 spiro atoms. The van der Waals surface area contributed by atoms with Crippen molar-refractivity contribution in [1.29, 1.82) is 0 Å². The Morgan fingerprint density at radius 2 is 1.47 bits per heavy atom. The van der Waals surface area contributed by atoms with E-state index in [-0.39, 0.29) is 69.6 Å².